The molecule has 0 aromatic carbocycles. The molecule has 0 N–H and O–H groups in total. The van der Waals surface area contributed by atoms with Crippen LogP contribution in [0.5, 0.6) is 0 Å². The van der Waals surface area contributed by atoms with Crippen molar-refractivity contribution in [2.75, 3.05) is 0 Å². The summed E-state index contributed by atoms with van der Waals surface area (Å²) in [5.41, 5.74) is 1.07. The molecule has 0 saturated carbocycles. The molecule has 0 aromatic heterocycles. The van der Waals surface area contributed by atoms with E-state index < -0.39 is 19.9 Å². The molecule has 0 radical (unpaired) electrons. The number of hydrogen-bond acceptors (Lipinski definition) is 0. The average Bonchev–Trinajstić information content (AvgIpc) is 2.13. The molecule has 0 bridgehead atoms. The number of halogens is 8. The van der Waals surface area contributed by atoms with Crippen LogP contribution in [0.15, 0.2) is 10.6 Å². The average molecular weight is 360 g/mol. The van der Waals surface area contributed by atoms with Gasteiger partial charge in [-0.1, -0.05) is 46.4 Å². The number of hydrogen-bond donors (Lipinski definition) is 0. The lowest BCUT2D eigenvalue weighted by atomic mass is 10.2. The first-order valence-electron chi connectivity index (χ1n) is 3.15. The van der Waals surface area contributed by atoms with Gasteiger partial charge in [-0.05, 0) is 0 Å². The van der Waals surface area contributed by atoms with Crippen molar-refractivity contribution >= 4 is 92.8 Å². The van der Waals surface area contributed by atoms with Crippen molar-refractivity contribution in [3.63, 3.8) is 0 Å². The maximum absolute atomic E-state index is 5.84. The molecule has 0 aliphatic carbocycles. The van der Waals surface area contributed by atoms with E-state index in [0.717, 1.165) is 5.54 Å². The monoisotopic (exact) mass is 356 g/mol. The molecule has 0 heterocycles. The summed E-state index contributed by atoms with van der Waals surface area (Å²) in [6, 6.07) is 0. The van der Waals surface area contributed by atoms with E-state index in [9.17, 15) is 0 Å². The summed E-state index contributed by atoms with van der Waals surface area (Å²) in [4.78, 5) is -1.10. The second-order valence-corrected chi connectivity index (χ2v) is 6.41. The molecule has 14 heavy (non-hydrogen) atoms. The van der Waals surface area contributed by atoms with Crippen LogP contribution in [0.1, 0.15) is 0 Å². The van der Waals surface area contributed by atoms with E-state index >= 15 is 0 Å². The Balaban J connectivity index is 4.69. The van der Waals surface area contributed by atoms with E-state index in [1.807, 2.05) is 0 Å². The van der Waals surface area contributed by atoms with E-state index in [4.69, 9.17) is 92.8 Å². The van der Waals surface area contributed by atoms with Crippen LogP contribution in [-0.2, 0) is 0 Å². The van der Waals surface area contributed by atoms with Gasteiger partial charge in [0.25, 0.3) is 0 Å². The minimum atomic E-state index is -1.61. The lowest BCUT2D eigenvalue weighted by Crippen LogP contribution is -2.39. The van der Waals surface area contributed by atoms with Gasteiger partial charge >= 0.3 is 0 Å². The van der Waals surface area contributed by atoms with Crippen molar-refractivity contribution in [2.24, 2.45) is 0 Å². The van der Waals surface area contributed by atoms with Crippen molar-refractivity contribution in [3.8, 4) is 0 Å². The zero-order chi connectivity index (χ0) is 11.5. The molecule has 0 nitrogen and oxygen atoms in total. The van der Waals surface area contributed by atoms with Gasteiger partial charge in [0.15, 0.2) is 4.33 Å². The second kappa shape index (κ2) is 6.71. The van der Waals surface area contributed by atoms with E-state index in [-0.39, 0.29) is 5.03 Å². The molecule has 0 unspecified atom stereocenters. The summed E-state index contributed by atoms with van der Waals surface area (Å²) in [6.07, 6.45) is 0. The van der Waals surface area contributed by atoms with Gasteiger partial charge in [-0.3, -0.25) is 0 Å². The largest absolute Gasteiger partial charge is 0.166 e. The topological polar surface area (TPSA) is 0 Å². The van der Waals surface area contributed by atoms with Crippen molar-refractivity contribution in [2.45, 2.75) is 19.9 Å². The third-order valence-corrected chi connectivity index (χ3v) is 5.56. The van der Waals surface area contributed by atoms with Gasteiger partial charge in [0, 0.05) is 10.6 Å². The number of allylic oxidation sites excluding steroid dienone is 1. The summed E-state index contributed by atoms with van der Waals surface area (Å²) < 4.78 is -1.61. The number of rotatable bonds is 4. The minimum Gasteiger partial charge on any atom is -0.118 e. The van der Waals surface area contributed by atoms with Crippen molar-refractivity contribution in [1.82, 2.24) is 0 Å². The fourth-order valence-electron chi connectivity index (χ4n) is 0.515. The van der Waals surface area contributed by atoms with Gasteiger partial charge in [0.1, 0.15) is 4.84 Å². The Hall–Kier alpha value is 2.06. The molecular weight excluding hydrogens is 356 g/mol. The van der Waals surface area contributed by atoms with Gasteiger partial charge in [0.05, 0.1) is 10.8 Å². The standard InChI is InChI=1S/C6H4Cl8/c7-1-2(8)3(9)4(10)6(13,14)5(11)12/h1,3-5H/b2-1-/t3-,4-/m1/s1. The van der Waals surface area contributed by atoms with Crippen molar-refractivity contribution < 1.29 is 0 Å². The van der Waals surface area contributed by atoms with Crippen LogP contribution in [0.25, 0.3) is 0 Å². The van der Waals surface area contributed by atoms with Crippen LogP contribution in [0.2, 0.25) is 0 Å². The van der Waals surface area contributed by atoms with E-state index in [0.29, 0.717) is 0 Å². The summed E-state index contributed by atoms with van der Waals surface area (Å²) in [6.45, 7) is 0. The van der Waals surface area contributed by atoms with Crippen molar-refractivity contribution in [1.29, 1.82) is 0 Å². The van der Waals surface area contributed by atoms with E-state index in [2.05, 4.69) is 0 Å². The second-order valence-electron chi connectivity index (χ2n) is 2.27. The molecule has 84 valence electrons. The first kappa shape index (κ1) is 16.1. The molecule has 8 heteroatoms. The first-order chi connectivity index (χ1) is 6.25. The van der Waals surface area contributed by atoms with Crippen molar-refractivity contribution in [3.05, 3.63) is 10.6 Å². The molecule has 0 spiro atoms. The summed E-state index contributed by atoms with van der Waals surface area (Å²) in [5, 5.41) is -1.74. The minimum absolute atomic E-state index is 0.105. The zero-order valence-electron chi connectivity index (χ0n) is 6.33. The maximum Gasteiger partial charge on any atom is 0.166 e. The fourth-order valence-corrected chi connectivity index (χ4v) is 2.21. The Morgan fingerprint density at radius 2 is 1.50 bits per heavy atom. The van der Waals surface area contributed by atoms with E-state index in [1.54, 1.807) is 0 Å². The molecular formula is C6H4Cl8. The molecule has 0 amide bonds. The third kappa shape index (κ3) is 4.14. The lowest BCUT2D eigenvalue weighted by Gasteiger charge is -2.28. The highest BCUT2D eigenvalue weighted by molar-refractivity contribution is 6.62. The Morgan fingerprint density at radius 1 is 1.07 bits per heavy atom. The van der Waals surface area contributed by atoms with Gasteiger partial charge in [-0.2, -0.15) is 0 Å². The van der Waals surface area contributed by atoms with Crippen LogP contribution < -0.4 is 0 Å². The molecule has 2 atom stereocenters. The fraction of sp³-hybridized carbons (Fsp3) is 0.667. The predicted molar refractivity (Wildman–Crippen MR) is 69.0 cm³/mol. The van der Waals surface area contributed by atoms with E-state index in [1.165, 1.54) is 0 Å². The molecule has 0 rings (SSSR count). The summed E-state index contributed by atoms with van der Waals surface area (Å²) in [5.74, 6) is 0. The third-order valence-electron chi connectivity index (χ3n) is 1.28. The van der Waals surface area contributed by atoms with Gasteiger partial charge < -0.3 is 0 Å². The lowest BCUT2D eigenvalue weighted by molar-refractivity contribution is 0.754. The summed E-state index contributed by atoms with van der Waals surface area (Å²) >= 11 is 45.2. The van der Waals surface area contributed by atoms with Gasteiger partial charge in [0.2, 0.25) is 0 Å². The van der Waals surface area contributed by atoms with Crippen LogP contribution in [0, 0.1) is 0 Å². The van der Waals surface area contributed by atoms with Crippen LogP contribution in [0.4, 0.5) is 0 Å². The first-order valence-corrected chi connectivity index (χ1v) is 6.46. The smallest absolute Gasteiger partial charge is 0.118 e. The summed E-state index contributed by atoms with van der Waals surface area (Å²) in [7, 11) is 0. The van der Waals surface area contributed by atoms with Crippen LogP contribution >= 0.6 is 92.8 Å². The normalized spacial score (nSPS) is 18.5. The zero-order valence-corrected chi connectivity index (χ0v) is 12.4. The highest BCUT2D eigenvalue weighted by Gasteiger charge is 2.44. The Morgan fingerprint density at radius 3 is 1.79 bits per heavy atom. The SMILES string of the molecule is Cl/C=C(\Cl)[C@@H](Cl)[C@@H](Cl)C(Cl)(Cl)C(Cl)Cl. The highest BCUT2D eigenvalue weighted by atomic mass is 35.5. The maximum atomic E-state index is 5.84. The van der Waals surface area contributed by atoms with Gasteiger partial charge in [-0.15, -0.1) is 46.4 Å². The predicted octanol–water partition coefficient (Wildman–Crippen LogP) is 5.50. The Labute approximate surface area is 122 Å². The molecule has 0 saturated heterocycles. The molecule has 0 aliphatic rings. The van der Waals surface area contributed by atoms with Gasteiger partial charge in [-0.25, -0.2) is 0 Å². The van der Waals surface area contributed by atoms with Crippen LogP contribution in [-0.4, -0.2) is 19.9 Å². The Kier molecular flexibility index (Phi) is 7.70. The number of alkyl halides is 6. The quantitative estimate of drug-likeness (QED) is 0.582. The Bertz CT molecular complexity index is 210. The molecule has 0 fully saturated rings. The molecule has 0 aliphatic heterocycles. The molecule has 0 aromatic rings. The van der Waals surface area contributed by atoms with Crippen LogP contribution in [0.3, 0.4) is 0 Å². The highest BCUT2D eigenvalue weighted by Crippen LogP contribution is 2.42.